The van der Waals surface area contributed by atoms with E-state index in [0.29, 0.717) is 19.3 Å². The number of carbonyl (C=O) groups is 3. The number of esters is 3. The molecular formula is C77H130O6. The Bertz CT molecular complexity index is 1700. The second-order valence-electron chi connectivity index (χ2n) is 23.1. The van der Waals surface area contributed by atoms with Crippen LogP contribution < -0.4 is 0 Å². The first-order chi connectivity index (χ1) is 41.0. The minimum atomic E-state index is -0.796. The van der Waals surface area contributed by atoms with Crippen LogP contribution in [0.15, 0.2) is 122 Å². The summed E-state index contributed by atoms with van der Waals surface area (Å²) in [6, 6.07) is 0. The largest absolute Gasteiger partial charge is 0.462 e. The molecular weight excluding hydrogens is 1020 g/mol. The molecule has 0 aliphatic carbocycles. The molecule has 0 saturated heterocycles. The van der Waals surface area contributed by atoms with E-state index < -0.39 is 6.10 Å². The van der Waals surface area contributed by atoms with Crippen molar-refractivity contribution in [3.05, 3.63) is 122 Å². The van der Waals surface area contributed by atoms with Gasteiger partial charge in [0.15, 0.2) is 6.10 Å². The van der Waals surface area contributed by atoms with Gasteiger partial charge in [-0.15, -0.1) is 0 Å². The highest BCUT2D eigenvalue weighted by molar-refractivity contribution is 5.71. The van der Waals surface area contributed by atoms with Gasteiger partial charge in [-0.3, -0.25) is 14.4 Å². The van der Waals surface area contributed by atoms with Crippen LogP contribution in [-0.4, -0.2) is 37.2 Å². The fraction of sp³-hybridized carbons (Fsp3) is 0.701. The number of ether oxygens (including phenoxy) is 3. The van der Waals surface area contributed by atoms with Crippen LogP contribution in [0.2, 0.25) is 0 Å². The van der Waals surface area contributed by atoms with Crippen molar-refractivity contribution < 1.29 is 28.6 Å². The molecule has 0 fully saturated rings. The second kappa shape index (κ2) is 70.3. The fourth-order valence-electron chi connectivity index (χ4n) is 9.68. The molecule has 6 heteroatoms. The molecule has 0 N–H and O–H groups in total. The average Bonchev–Trinajstić information content (AvgIpc) is 3.49. The van der Waals surface area contributed by atoms with Crippen molar-refractivity contribution >= 4 is 17.9 Å². The topological polar surface area (TPSA) is 78.9 Å². The molecule has 1 atom stereocenters. The van der Waals surface area contributed by atoms with E-state index in [-0.39, 0.29) is 31.1 Å². The van der Waals surface area contributed by atoms with E-state index in [2.05, 4.69) is 142 Å². The van der Waals surface area contributed by atoms with Crippen LogP contribution >= 0.6 is 0 Å². The lowest BCUT2D eigenvalue weighted by Gasteiger charge is -2.18. The normalized spacial score (nSPS) is 12.9. The zero-order valence-electron chi connectivity index (χ0n) is 54.4. The third-order valence-electron chi connectivity index (χ3n) is 14.9. The Morgan fingerprint density at radius 1 is 0.253 bits per heavy atom. The van der Waals surface area contributed by atoms with Gasteiger partial charge in [-0.05, 0) is 135 Å². The molecule has 0 amide bonds. The SMILES string of the molecule is CC/C=C\C/C=C\C/C=C\C/C=C\C/C=C\C/C=C\CCCCCCCCC(=O)OCC(COC(=O)CCCCCCC/C=C\C/C=C\CCCCC)OC(=O)CCCCCCCCCCCCCCC/C=C\C/C=C\CCCCCCC. The number of hydrogen-bond acceptors (Lipinski definition) is 6. The Hall–Kier alpha value is -4.19. The van der Waals surface area contributed by atoms with E-state index in [1.54, 1.807) is 0 Å². The summed E-state index contributed by atoms with van der Waals surface area (Å²) in [5.74, 6) is -0.909. The Labute approximate surface area is 513 Å². The van der Waals surface area contributed by atoms with Crippen molar-refractivity contribution in [2.24, 2.45) is 0 Å². The summed E-state index contributed by atoms with van der Waals surface area (Å²) in [5.41, 5.74) is 0. The maximum atomic E-state index is 13.0. The standard InChI is InChI=1S/C77H130O6/c1-4-7-10-13-16-19-22-25-28-30-32-34-36-38-40-42-44-46-49-52-55-58-61-64-67-70-76(79)82-73-74(72-81-75(78)69-66-63-60-57-54-51-48-27-24-21-18-15-12-9-6-3)83-77(80)71-68-65-62-59-56-53-50-47-45-43-41-39-37-35-33-31-29-26-23-20-17-14-11-8-5-2/h7,10,16,18-19,21,23,25-28,31-34,38,40,44,46,48,74H,4-6,8-9,11-15,17,20,22,24,29-30,35-37,39,41-43,45,47,49-73H2,1-3H3/b10-7-,19-16-,21-18-,26-23-,28-25-,33-31-,34-32-,40-38-,46-44-,48-27-. The highest BCUT2D eigenvalue weighted by Gasteiger charge is 2.19. The Morgan fingerprint density at radius 2 is 0.470 bits per heavy atom. The molecule has 0 bridgehead atoms. The summed E-state index contributed by atoms with van der Waals surface area (Å²) in [5, 5.41) is 0. The number of carbonyl (C=O) groups excluding carboxylic acids is 3. The van der Waals surface area contributed by atoms with Crippen LogP contribution in [-0.2, 0) is 28.6 Å². The van der Waals surface area contributed by atoms with E-state index in [0.717, 1.165) is 141 Å². The molecule has 0 aromatic rings. The molecule has 0 aromatic carbocycles. The van der Waals surface area contributed by atoms with Crippen LogP contribution in [0.4, 0.5) is 0 Å². The molecule has 0 spiro atoms. The summed E-state index contributed by atoms with van der Waals surface area (Å²) in [4.78, 5) is 38.5. The van der Waals surface area contributed by atoms with Gasteiger partial charge >= 0.3 is 17.9 Å². The second-order valence-corrected chi connectivity index (χ2v) is 23.1. The lowest BCUT2D eigenvalue weighted by molar-refractivity contribution is -0.167. The van der Waals surface area contributed by atoms with Gasteiger partial charge in [-0.1, -0.05) is 296 Å². The first-order valence-corrected chi connectivity index (χ1v) is 35.0. The van der Waals surface area contributed by atoms with Gasteiger partial charge in [-0.25, -0.2) is 0 Å². The predicted molar refractivity (Wildman–Crippen MR) is 362 cm³/mol. The van der Waals surface area contributed by atoms with Crippen molar-refractivity contribution in [1.82, 2.24) is 0 Å². The maximum Gasteiger partial charge on any atom is 0.306 e. The van der Waals surface area contributed by atoms with Crippen molar-refractivity contribution in [1.29, 1.82) is 0 Å². The van der Waals surface area contributed by atoms with Crippen molar-refractivity contribution in [2.45, 2.75) is 335 Å². The number of rotatable bonds is 63. The summed E-state index contributed by atoms with van der Waals surface area (Å²) >= 11 is 0. The van der Waals surface area contributed by atoms with Gasteiger partial charge in [0.25, 0.3) is 0 Å². The van der Waals surface area contributed by atoms with Gasteiger partial charge in [0.2, 0.25) is 0 Å². The van der Waals surface area contributed by atoms with E-state index in [1.165, 1.54) is 148 Å². The molecule has 6 nitrogen and oxygen atoms in total. The van der Waals surface area contributed by atoms with Crippen LogP contribution in [0.5, 0.6) is 0 Å². The molecule has 83 heavy (non-hydrogen) atoms. The Kier molecular flexibility index (Phi) is 66.7. The Balaban J connectivity index is 4.39. The third kappa shape index (κ3) is 68.5. The van der Waals surface area contributed by atoms with Crippen molar-refractivity contribution in [3.8, 4) is 0 Å². The van der Waals surface area contributed by atoms with Crippen LogP contribution in [0.1, 0.15) is 329 Å². The first-order valence-electron chi connectivity index (χ1n) is 35.0. The van der Waals surface area contributed by atoms with E-state index in [1.807, 2.05) is 0 Å². The van der Waals surface area contributed by atoms with Gasteiger partial charge in [0.05, 0.1) is 0 Å². The average molecular weight is 1150 g/mol. The minimum absolute atomic E-state index is 0.0913. The molecule has 0 aromatic heterocycles. The summed E-state index contributed by atoms with van der Waals surface area (Å²) < 4.78 is 17.0. The van der Waals surface area contributed by atoms with Crippen molar-refractivity contribution in [2.75, 3.05) is 13.2 Å². The van der Waals surface area contributed by atoms with Crippen LogP contribution in [0.25, 0.3) is 0 Å². The van der Waals surface area contributed by atoms with Gasteiger partial charge < -0.3 is 14.2 Å². The smallest absolute Gasteiger partial charge is 0.306 e. The van der Waals surface area contributed by atoms with E-state index in [4.69, 9.17) is 14.2 Å². The van der Waals surface area contributed by atoms with Gasteiger partial charge in [0, 0.05) is 19.3 Å². The quantitative estimate of drug-likeness (QED) is 0.0261. The zero-order chi connectivity index (χ0) is 59.9. The maximum absolute atomic E-state index is 13.0. The first kappa shape index (κ1) is 78.8. The molecule has 1 unspecified atom stereocenters. The molecule has 0 heterocycles. The zero-order valence-corrected chi connectivity index (χ0v) is 54.4. The van der Waals surface area contributed by atoms with Crippen LogP contribution in [0, 0.1) is 0 Å². The highest BCUT2D eigenvalue weighted by atomic mass is 16.6. The molecule has 0 saturated carbocycles. The molecule has 0 aliphatic heterocycles. The monoisotopic (exact) mass is 1150 g/mol. The van der Waals surface area contributed by atoms with E-state index >= 15 is 0 Å². The fourth-order valence-corrected chi connectivity index (χ4v) is 9.68. The number of hydrogen-bond donors (Lipinski definition) is 0. The Morgan fingerprint density at radius 3 is 0.759 bits per heavy atom. The highest BCUT2D eigenvalue weighted by Crippen LogP contribution is 2.16. The predicted octanol–water partition coefficient (Wildman–Crippen LogP) is 24.3. The lowest BCUT2D eigenvalue weighted by atomic mass is 10.0. The third-order valence-corrected chi connectivity index (χ3v) is 14.9. The summed E-state index contributed by atoms with van der Waals surface area (Å²) in [7, 11) is 0. The van der Waals surface area contributed by atoms with Gasteiger partial charge in [0.1, 0.15) is 13.2 Å². The lowest BCUT2D eigenvalue weighted by Crippen LogP contribution is -2.30. The molecule has 0 rings (SSSR count). The van der Waals surface area contributed by atoms with Crippen LogP contribution in [0.3, 0.4) is 0 Å². The van der Waals surface area contributed by atoms with Gasteiger partial charge in [-0.2, -0.15) is 0 Å². The summed E-state index contributed by atoms with van der Waals surface area (Å²) in [6.45, 7) is 6.49. The molecule has 0 aliphatic rings. The van der Waals surface area contributed by atoms with E-state index in [9.17, 15) is 14.4 Å². The molecule has 0 radical (unpaired) electrons. The minimum Gasteiger partial charge on any atom is -0.462 e. The van der Waals surface area contributed by atoms with Crippen molar-refractivity contribution in [3.63, 3.8) is 0 Å². The summed E-state index contributed by atoms with van der Waals surface area (Å²) in [6.07, 6.45) is 97.8. The number of allylic oxidation sites excluding steroid dienone is 20. The number of unbranched alkanes of at least 4 members (excludes halogenated alkanes) is 32. The molecule has 474 valence electrons.